The Morgan fingerprint density at radius 1 is 1.54 bits per heavy atom. The molecule has 2 aromatic rings. The largest absolute Gasteiger partial charge is 0.480 e. The molecule has 2 heterocycles. The first-order valence-corrected chi connectivity index (χ1v) is 4.40. The first kappa shape index (κ1) is 8.12. The summed E-state index contributed by atoms with van der Waals surface area (Å²) in [6, 6.07) is 1.73. The average Bonchev–Trinajstić information content (AvgIpc) is 2.59. The lowest BCUT2D eigenvalue weighted by atomic mass is 10.3. The molecule has 0 radical (unpaired) electrons. The van der Waals surface area contributed by atoms with E-state index in [-0.39, 0.29) is 0 Å². The maximum atomic E-state index is 10.5. The van der Waals surface area contributed by atoms with Crippen molar-refractivity contribution in [3.05, 3.63) is 17.3 Å². The van der Waals surface area contributed by atoms with Crippen molar-refractivity contribution >= 4 is 27.8 Å². The number of methoxy groups -OCH3 is 1. The van der Waals surface area contributed by atoms with E-state index in [1.807, 2.05) is 0 Å². The van der Waals surface area contributed by atoms with Crippen molar-refractivity contribution in [2.45, 2.75) is 0 Å². The molecule has 13 heavy (non-hydrogen) atoms. The third-order valence-electron chi connectivity index (χ3n) is 1.62. The van der Waals surface area contributed by atoms with Crippen LogP contribution in [0, 0.1) is 0 Å². The van der Waals surface area contributed by atoms with Crippen LogP contribution in [0.4, 0.5) is 0 Å². The normalized spacial score (nSPS) is 10.2. The first-order valence-electron chi connectivity index (χ1n) is 3.59. The molecule has 2 aromatic heterocycles. The van der Waals surface area contributed by atoms with E-state index in [0.29, 0.717) is 10.8 Å². The van der Waals surface area contributed by atoms with Crippen LogP contribution in [0.15, 0.2) is 12.4 Å². The smallest absolute Gasteiger partial charge is 0.225 e. The summed E-state index contributed by atoms with van der Waals surface area (Å²) in [7, 11) is 1.54. The van der Waals surface area contributed by atoms with Gasteiger partial charge in [0.05, 0.1) is 17.4 Å². The lowest BCUT2D eigenvalue weighted by Gasteiger charge is -1.96. The number of hydrogen-bond acceptors (Lipinski definition) is 5. The van der Waals surface area contributed by atoms with Gasteiger partial charge in [-0.25, -0.2) is 9.97 Å². The van der Waals surface area contributed by atoms with E-state index in [9.17, 15) is 4.79 Å². The molecule has 0 spiro atoms. The van der Waals surface area contributed by atoms with E-state index >= 15 is 0 Å². The molecule has 2 rings (SSSR count). The fourth-order valence-electron chi connectivity index (χ4n) is 1.07. The standard InChI is InChI=1S/C8H6N2O2S/c1-12-7-6-2-5(3-11)13-8(6)10-4-9-7/h2-4H,1H3. The van der Waals surface area contributed by atoms with Crippen LogP contribution >= 0.6 is 11.3 Å². The second kappa shape index (κ2) is 3.10. The van der Waals surface area contributed by atoms with E-state index in [1.165, 1.54) is 17.7 Å². The van der Waals surface area contributed by atoms with Crippen molar-refractivity contribution < 1.29 is 9.53 Å². The highest BCUT2D eigenvalue weighted by Crippen LogP contribution is 2.27. The number of aromatic nitrogens is 2. The zero-order valence-electron chi connectivity index (χ0n) is 6.85. The van der Waals surface area contributed by atoms with Gasteiger partial charge in [0, 0.05) is 0 Å². The lowest BCUT2D eigenvalue weighted by molar-refractivity contribution is 0.112. The van der Waals surface area contributed by atoms with Crippen LogP contribution in [-0.4, -0.2) is 23.4 Å². The summed E-state index contributed by atoms with van der Waals surface area (Å²) >= 11 is 1.33. The maximum absolute atomic E-state index is 10.5. The van der Waals surface area contributed by atoms with E-state index < -0.39 is 0 Å². The first-order chi connectivity index (χ1) is 6.35. The molecule has 0 aliphatic carbocycles. The fourth-order valence-corrected chi connectivity index (χ4v) is 1.88. The third-order valence-corrected chi connectivity index (χ3v) is 2.59. The quantitative estimate of drug-likeness (QED) is 0.680. The summed E-state index contributed by atoms with van der Waals surface area (Å²) in [6.45, 7) is 0. The average molecular weight is 194 g/mol. The molecule has 4 nitrogen and oxygen atoms in total. The van der Waals surface area contributed by atoms with Crippen LogP contribution in [-0.2, 0) is 0 Å². The van der Waals surface area contributed by atoms with Gasteiger partial charge in [0.15, 0.2) is 6.29 Å². The molecule has 0 aliphatic rings. The number of nitrogens with zero attached hydrogens (tertiary/aromatic N) is 2. The third kappa shape index (κ3) is 1.27. The number of carbonyl (C=O) groups is 1. The Kier molecular flexibility index (Phi) is 1.94. The molecule has 5 heteroatoms. The van der Waals surface area contributed by atoms with Crippen molar-refractivity contribution in [3.8, 4) is 5.88 Å². The Labute approximate surface area is 78.2 Å². The molecule has 0 amide bonds. The number of aldehydes is 1. The van der Waals surface area contributed by atoms with Gasteiger partial charge in [0.2, 0.25) is 5.88 Å². The Balaban J connectivity index is 2.74. The number of rotatable bonds is 2. The Morgan fingerprint density at radius 3 is 3.08 bits per heavy atom. The van der Waals surface area contributed by atoms with Gasteiger partial charge in [-0.05, 0) is 6.07 Å². The van der Waals surface area contributed by atoms with Crippen LogP contribution in [0.3, 0.4) is 0 Å². The van der Waals surface area contributed by atoms with E-state index in [2.05, 4.69) is 9.97 Å². The fraction of sp³-hybridized carbons (Fsp3) is 0.125. The summed E-state index contributed by atoms with van der Waals surface area (Å²) in [5.41, 5.74) is 0. The predicted octanol–water partition coefficient (Wildman–Crippen LogP) is 1.51. The molecular formula is C8H6N2O2S. The minimum Gasteiger partial charge on any atom is -0.480 e. The summed E-state index contributed by atoms with van der Waals surface area (Å²) in [5.74, 6) is 0.509. The minimum atomic E-state index is 0.509. The van der Waals surface area contributed by atoms with Crippen molar-refractivity contribution in [2.75, 3.05) is 7.11 Å². The van der Waals surface area contributed by atoms with Crippen molar-refractivity contribution in [1.29, 1.82) is 0 Å². The highest BCUT2D eigenvalue weighted by Gasteiger charge is 2.07. The molecule has 0 N–H and O–H groups in total. The number of thiophene rings is 1. The number of hydrogen-bond donors (Lipinski definition) is 0. The van der Waals surface area contributed by atoms with E-state index in [0.717, 1.165) is 16.5 Å². The summed E-state index contributed by atoms with van der Waals surface area (Å²) < 4.78 is 5.02. The van der Waals surface area contributed by atoms with Gasteiger partial charge in [0.1, 0.15) is 11.2 Å². The molecule has 0 saturated carbocycles. The van der Waals surface area contributed by atoms with Crippen molar-refractivity contribution in [2.24, 2.45) is 0 Å². The van der Waals surface area contributed by atoms with Gasteiger partial charge < -0.3 is 4.74 Å². The van der Waals surface area contributed by atoms with Crippen molar-refractivity contribution in [3.63, 3.8) is 0 Å². The molecule has 0 bridgehead atoms. The number of carbonyl (C=O) groups excluding carboxylic acids is 1. The van der Waals surface area contributed by atoms with Crippen LogP contribution < -0.4 is 4.74 Å². The van der Waals surface area contributed by atoms with E-state index in [1.54, 1.807) is 13.2 Å². The number of ether oxygens (including phenoxy) is 1. The monoisotopic (exact) mass is 194 g/mol. The maximum Gasteiger partial charge on any atom is 0.225 e. The van der Waals surface area contributed by atoms with Gasteiger partial charge in [0.25, 0.3) is 0 Å². The minimum absolute atomic E-state index is 0.509. The van der Waals surface area contributed by atoms with Gasteiger partial charge >= 0.3 is 0 Å². The summed E-state index contributed by atoms with van der Waals surface area (Å²) in [6.07, 6.45) is 2.22. The van der Waals surface area contributed by atoms with E-state index in [4.69, 9.17) is 4.74 Å². The molecule has 0 fully saturated rings. The summed E-state index contributed by atoms with van der Waals surface area (Å²) in [5, 5.41) is 0.789. The molecule has 0 aliphatic heterocycles. The predicted molar refractivity (Wildman–Crippen MR) is 49.4 cm³/mol. The summed E-state index contributed by atoms with van der Waals surface area (Å²) in [4.78, 5) is 19.9. The lowest BCUT2D eigenvalue weighted by Crippen LogP contribution is -1.87. The van der Waals surface area contributed by atoms with Crippen LogP contribution in [0.25, 0.3) is 10.2 Å². The van der Waals surface area contributed by atoms with Crippen LogP contribution in [0.1, 0.15) is 9.67 Å². The molecule has 0 aromatic carbocycles. The molecule has 66 valence electrons. The number of fused-ring (bicyclic) bond motifs is 1. The van der Waals surface area contributed by atoms with Crippen molar-refractivity contribution in [1.82, 2.24) is 9.97 Å². The Morgan fingerprint density at radius 2 is 2.38 bits per heavy atom. The van der Waals surface area contributed by atoms with Gasteiger partial charge in [-0.1, -0.05) is 0 Å². The molecule has 0 saturated heterocycles. The second-order valence-electron chi connectivity index (χ2n) is 2.37. The zero-order valence-corrected chi connectivity index (χ0v) is 7.67. The zero-order chi connectivity index (χ0) is 9.26. The highest BCUT2D eigenvalue weighted by molar-refractivity contribution is 7.20. The second-order valence-corrected chi connectivity index (χ2v) is 3.43. The van der Waals surface area contributed by atoms with Gasteiger partial charge in [-0.15, -0.1) is 11.3 Å². The van der Waals surface area contributed by atoms with Crippen LogP contribution in [0.2, 0.25) is 0 Å². The molecule has 0 unspecified atom stereocenters. The Hall–Kier alpha value is -1.49. The molecular weight excluding hydrogens is 188 g/mol. The molecule has 0 atom stereocenters. The SMILES string of the molecule is COc1ncnc2sc(C=O)cc12. The van der Waals surface area contributed by atoms with Gasteiger partial charge in [-0.3, -0.25) is 4.79 Å². The topological polar surface area (TPSA) is 52.1 Å². The highest BCUT2D eigenvalue weighted by atomic mass is 32.1. The van der Waals surface area contributed by atoms with Crippen LogP contribution in [0.5, 0.6) is 5.88 Å². The Bertz CT molecular complexity index is 452. The van der Waals surface area contributed by atoms with Gasteiger partial charge in [-0.2, -0.15) is 0 Å².